The molecule has 18 heavy (non-hydrogen) atoms. The monoisotopic (exact) mass is 355 g/mol. The molecule has 2 aliphatic rings. The summed E-state index contributed by atoms with van der Waals surface area (Å²) in [5.74, 6) is 0.750. The first kappa shape index (κ1) is 12.5. The average Bonchev–Trinajstić information content (AvgIpc) is 2.43. The minimum Gasteiger partial charge on any atom is -0.311 e. The molecule has 3 heteroatoms. The number of benzene rings is 1. The fourth-order valence-electron chi connectivity index (χ4n) is 3.31. The van der Waals surface area contributed by atoms with E-state index in [9.17, 15) is 4.79 Å². The fourth-order valence-corrected chi connectivity index (χ4v) is 4.45. The molecule has 0 radical (unpaired) electrons. The molecule has 1 aliphatic carbocycles. The molecular weight excluding hydrogens is 337 g/mol. The molecular formula is C15H18INO. The average molecular weight is 355 g/mol. The summed E-state index contributed by atoms with van der Waals surface area (Å²) < 4.78 is 2.34. The molecule has 0 spiro atoms. The lowest BCUT2D eigenvalue weighted by molar-refractivity contribution is -0.124. The third-order valence-corrected chi connectivity index (χ3v) is 5.53. The van der Waals surface area contributed by atoms with Gasteiger partial charge < -0.3 is 3.11 Å². The van der Waals surface area contributed by atoms with Gasteiger partial charge in [0.2, 0.25) is 0 Å². The summed E-state index contributed by atoms with van der Waals surface area (Å²) in [4.78, 5) is 12.3. The summed E-state index contributed by atoms with van der Waals surface area (Å²) in [6, 6.07) is 8.95. The molecule has 1 fully saturated rings. The van der Waals surface area contributed by atoms with Gasteiger partial charge >= 0.3 is 0 Å². The number of carbonyl (C=O) groups excluding carboxylic acids is 1. The highest BCUT2D eigenvalue weighted by molar-refractivity contribution is 14.1. The number of hydrogen-bond donors (Lipinski definition) is 0. The molecule has 0 aromatic heterocycles. The van der Waals surface area contributed by atoms with Crippen LogP contribution in [0.15, 0.2) is 24.3 Å². The highest BCUT2D eigenvalue weighted by atomic mass is 127. The molecule has 0 saturated heterocycles. The zero-order valence-electron chi connectivity index (χ0n) is 10.4. The Morgan fingerprint density at radius 1 is 1.11 bits per heavy atom. The van der Waals surface area contributed by atoms with Gasteiger partial charge in [-0.05, 0) is 30.9 Å². The lowest BCUT2D eigenvalue weighted by atomic mass is 9.79. The highest BCUT2D eigenvalue weighted by Crippen LogP contribution is 2.38. The number of nitrogens with zero attached hydrogens (tertiary/aromatic N) is 1. The van der Waals surface area contributed by atoms with Crippen molar-refractivity contribution in [3.63, 3.8) is 0 Å². The van der Waals surface area contributed by atoms with Crippen molar-refractivity contribution >= 4 is 34.3 Å². The second-order valence-electron chi connectivity index (χ2n) is 5.36. The molecule has 1 aliphatic heterocycles. The van der Waals surface area contributed by atoms with Crippen molar-refractivity contribution in [2.45, 2.75) is 44.6 Å². The van der Waals surface area contributed by atoms with E-state index in [1.165, 1.54) is 24.1 Å². The van der Waals surface area contributed by atoms with Gasteiger partial charge in [0.05, 0.1) is 22.9 Å². The maximum Gasteiger partial charge on any atom is 0.138 e. The first-order valence-electron chi connectivity index (χ1n) is 6.83. The van der Waals surface area contributed by atoms with E-state index in [1.807, 2.05) is 0 Å². The molecule has 2 unspecified atom stereocenters. The third kappa shape index (κ3) is 2.17. The molecule has 3 rings (SSSR count). The molecule has 1 aromatic carbocycles. The van der Waals surface area contributed by atoms with Crippen LogP contribution in [0.5, 0.6) is 0 Å². The Morgan fingerprint density at radius 3 is 2.78 bits per heavy atom. The van der Waals surface area contributed by atoms with Crippen LogP contribution in [0.1, 0.15) is 37.7 Å². The van der Waals surface area contributed by atoms with E-state index in [0.717, 1.165) is 25.7 Å². The van der Waals surface area contributed by atoms with Crippen LogP contribution >= 0.6 is 22.9 Å². The van der Waals surface area contributed by atoms with Crippen molar-refractivity contribution in [2.24, 2.45) is 5.92 Å². The summed E-state index contributed by atoms with van der Waals surface area (Å²) in [5, 5.41) is 0. The quantitative estimate of drug-likeness (QED) is 0.519. The molecule has 0 bridgehead atoms. The number of aryl methyl sites for hydroxylation is 1. The summed E-state index contributed by atoms with van der Waals surface area (Å²) in [6.07, 6.45) is 6.36. The van der Waals surface area contributed by atoms with Gasteiger partial charge in [-0.15, -0.1) is 0 Å². The van der Waals surface area contributed by atoms with Crippen LogP contribution in [-0.2, 0) is 11.2 Å². The van der Waals surface area contributed by atoms with Crippen molar-refractivity contribution in [3.8, 4) is 0 Å². The molecule has 0 amide bonds. The molecule has 1 saturated carbocycles. The highest BCUT2D eigenvalue weighted by Gasteiger charge is 2.36. The minimum absolute atomic E-state index is 0.268. The second kappa shape index (κ2) is 5.19. The Balaban J connectivity index is 2.00. The number of fused-ring (bicyclic) bond motifs is 2. The maximum atomic E-state index is 12.3. The number of carbonyl (C=O) groups is 1. The minimum atomic E-state index is 0.268. The Labute approximate surface area is 122 Å². The lowest BCUT2D eigenvalue weighted by Crippen LogP contribution is -2.42. The number of Topliss-reactive ketones (excluding diaryl/α,β-unsaturated/α-hetero) is 1. The van der Waals surface area contributed by atoms with E-state index >= 15 is 0 Å². The van der Waals surface area contributed by atoms with Crippen molar-refractivity contribution in [3.05, 3.63) is 29.8 Å². The van der Waals surface area contributed by atoms with E-state index < -0.39 is 0 Å². The zero-order chi connectivity index (χ0) is 12.5. The van der Waals surface area contributed by atoms with Gasteiger partial charge in [-0.25, -0.2) is 0 Å². The van der Waals surface area contributed by atoms with Gasteiger partial charge in [0.25, 0.3) is 0 Å². The van der Waals surface area contributed by atoms with E-state index in [2.05, 4.69) is 50.2 Å². The van der Waals surface area contributed by atoms with Crippen LogP contribution in [0, 0.1) is 5.92 Å². The van der Waals surface area contributed by atoms with Crippen molar-refractivity contribution in [2.75, 3.05) is 3.11 Å². The molecule has 2 atom stereocenters. The van der Waals surface area contributed by atoms with Gasteiger partial charge in [-0.1, -0.05) is 31.0 Å². The number of anilines is 1. The SMILES string of the molecule is O=C1CCc2ccccc2N(I)C2CCCCC12. The van der Waals surface area contributed by atoms with Crippen LogP contribution in [0.2, 0.25) is 0 Å². The van der Waals surface area contributed by atoms with E-state index in [0.29, 0.717) is 11.8 Å². The van der Waals surface area contributed by atoms with Crippen molar-refractivity contribution in [1.82, 2.24) is 0 Å². The maximum absolute atomic E-state index is 12.3. The Morgan fingerprint density at radius 2 is 1.89 bits per heavy atom. The number of hydrogen-bond acceptors (Lipinski definition) is 2. The molecule has 1 aromatic rings. The first-order chi connectivity index (χ1) is 8.77. The predicted octanol–water partition coefficient (Wildman–Crippen LogP) is 3.92. The zero-order valence-corrected chi connectivity index (χ0v) is 12.6. The van der Waals surface area contributed by atoms with Gasteiger partial charge in [-0.2, -0.15) is 0 Å². The Kier molecular flexibility index (Phi) is 3.59. The second-order valence-corrected chi connectivity index (χ2v) is 6.40. The summed E-state index contributed by atoms with van der Waals surface area (Å²) in [6.45, 7) is 0. The first-order valence-corrected chi connectivity index (χ1v) is 7.79. The summed E-state index contributed by atoms with van der Waals surface area (Å²) >= 11 is 2.42. The van der Waals surface area contributed by atoms with Gasteiger partial charge in [0.1, 0.15) is 5.78 Å². The molecule has 1 heterocycles. The van der Waals surface area contributed by atoms with Crippen LogP contribution in [-0.4, -0.2) is 11.8 Å². The standard InChI is InChI=1S/C15H18INO/c16-17-13-7-3-1-5-11(13)9-10-15(18)12-6-2-4-8-14(12)17/h1,3,5,7,12,14H,2,4,6,8-10H2. The number of para-hydroxylation sites is 1. The van der Waals surface area contributed by atoms with Gasteiger partial charge in [0, 0.05) is 24.1 Å². The molecule has 0 N–H and O–H groups in total. The Hall–Kier alpha value is -0.580. The fraction of sp³-hybridized carbons (Fsp3) is 0.533. The van der Waals surface area contributed by atoms with Gasteiger partial charge in [0.15, 0.2) is 0 Å². The smallest absolute Gasteiger partial charge is 0.138 e. The molecule has 2 nitrogen and oxygen atoms in total. The van der Waals surface area contributed by atoms with Crippen LogP contribution in [0.4, 0.5) is 5.69 Å². The number of ketones is 1. The van der Waals surface area contributed by atoms with Crippen LogP contribution in [0.25, 0.3) is 0 Å². The largest absolute Gasteiger partial charge is 0.311 e. The van der Waals surface area contributed by atoms with Gasteiger partial charge in [-0.3, -0.25) is 4.79 Å². The topological polar surface area (TPSA) is 20.3 Å². The van der Waals surface area contributed by atoms with E-state index in [-0.39, 0.29) is 5.92 Å². The van der Waals surface area contributed by atoms with Crippen LogP contribution in [0.3, 0.4) is 0 Å². The number of halogens is 1. The Bertz CT molecular complexity index is 460. The van der Waals surface area contributed by atoms with E-state index in [4.69, 9.17) is 0 Å². The lowest BCUT2D eigenvalue weighted by Gasteiger charge is -2.39. The normalized spacial score (nSPS) is 28.1. The van der Waals surface area contributed by atoms with E-state index in [1.54, 1.807) is 0 Å². The predicted molar refractivity (Wildman–Crippen MR) is 82.0 cm³/mol. The van der Waals surface area contributed by atoms with Crippen LogP contribution < -0.4 is 3.11 Å². The van der Waals surface area contributed by atoms with Crippen molar-refractivity contribution < 1.29 is 4.79 Å². The third-order valence-electron chi connectivity index (χ3n) is 4.30. The van der Waals surface area contributed by atoms with Crippen molar-refractivity contribution in [1.29, 1.82) is 0 Å². The number of rotatable bonds is 0. The molecule has 96 valence electrons. The summed E-state index contributed by atoms with van der Waals surface area (Å²) in [5.41, 5.74) is 2.65. The summed E-state index contributed by atoms with van der Waals surface area (Å²) in [7, 11) is 0.